The molecule has 1 saturated carbocycles. The zero-order valence-electron chi connectivity index (χ0n) is 12.8. The van der Waals surface area contributed by atoms with Crippen LogP contribution in [0.3, 0.4) is 0 Å². The predicted molar refractivity (Wildman–Crippen MR) is 86.0 cm³/mol. The lowest BCUT2D eigenvalue weighted by atomic mass is 10.1. The highest BCUT2D eigenvalue weighted by Crippen LogP contribution is 2.36. The number of hydrogen-bond donors (Lipinski definition) is 1. The quantitative estimate of drug-likeness (QED) is 0.835. The Morgan fingerprint density at radius 3 is 2.95 bits per heavy atom. The van der Waals surface area contributed by atoms with Crippen LogP contribution in [-0.2, 0) is 16.1 Å². The minimum atomic E-state index is -0.471. The van der Waals surface area contributed by atoms with E-state index < -0.39 is 6.10 Å². The predicted octanol–water partition coefficient (Wildman–Crippen LogP) is 2.33. The van der Waals surface area contributed by atoms with Gasteiger partial charge in [-0.2, -0.15) is 0 Å². The summed E-state index contributed by atoms with van der Waals surface area (Å²) in [5.41, 5.74) is 0.957. The van der Waals surface area contributed by atoms with Crippen molar-refractivity contribution in [3.63, 3.8) is 0 Å². The highest BCUT2D eigenvalue weighted by molar-refractivity contribution is 6.31. The third-order valence-electron chi connectivity index (χ3n) is 4.42. The number of nitrogens with zero attached hydrogens (tertiary/aromatic N) is 1. The van der Waals surface area contributed by atoms with Gasteiger partial charge in [0.1, 0.15) is 0 Å². The molecule has 3 rings (SSSR count). The molecule has 2 unspecified atom stereocenters. The third-order valence-corrected chi connectivity index (χ3v) is 4.79. The largest absolute Gasteiger partial charge is 0.389 e. The molecule has 22 heavy (non-hydrogen) atoms. The lowest BCUT2D eigenvalue weighted by Gasteiger charge is -2.36. The maximum absolute atomic E-state index is 10.2. The SMILES string of the molecule is OC(COCc1ccccc1Cl)CN1CCOCC1C1CC1. The Labute approximate surface area is 137 Å². The summed E-state index contributed by atoms with van der Waals surface area (Å²) in [6.45, 7) is 3.90. The molecule has 0 amide bonds. The molecule has 1 aliphatic heterocycles. The average Bonchev–Trinajstić information content (AvgIpc) is 3.34. The van der Waals surface area contributed by atoms with E-state index in [1.165, 1.54) is 12.8 Å². The lowest BCUT2D eigenvalue weighted by Crippen LogP contribution is -2.50. The van der Waals surface area contributed by atoms with Gasteiger partial charge in [-0.05, 0) is 30.4 Å². The van der Waals surface area contributed by atoms with Gasteiger partial charge in [-0.25, -0.2) is 0 Å². The van der Waals surface area contributed by atoms with E-state index in [0.717, 1.165) is 31.2 Å². The number of ether oxygens (including phenoxy) is 2. The first-order valence-corrected chi connectivity index (χ1v) is 8.43. The Hall–Kier alpha value is -0.650. The number of benzene rings is 1. The second-order valence-electron chi connectivity index (χ2n) is 6.23. The van der Waals surface area contributed by atoms with Crippen molar-refractivity contribution in [2.75, 3.05) is 32.9 Å². The fourth-order valence-electron chi connectivity index (χ4n) is 3.04. The molecule has 0 bridgehead atoms. The molecule has 1 N–H and O–H groups in total. The van der Waals surface area contributed by atoms with Crippen molar-refractivity contribution in [2.24, 2.45) is 5.92 Å². The number of hydrogen-bond acceptors (Lipinski definition) is 4. The maximum Gasteiger partial charge on any atom is 0.0900 e. The Morgan fingerprint density at radius 1 is 1.36 bits per heavy atom. The zero-order valence-corrected chi connectivity index (χ0v) is 13.5. The van der Waals surface area contributed by atoms with Crippen molar-refractivity contribution in [3.05, 3.63) is 34.9 Å². The molecule has 0 aromatic heterocycles. The summed E-state index contributed by atoms with van der Waals surface area (Å²) >= 11 is 6.09. The summed E-state index contributed by atoms with van der Waals surface area (Å²) < 4.78 is 11.2. The Balaban J connectivity index is 1.42. The molecule has 1 aromatic rings. The molecule has 5 heteroatoms. The van der Waals surface area contributed by atoms with Crippen LogP contribution in [0.5, 0.6) is 0 Å². The topological polar surface area (TPSA) is 41.9 Å². The van der Waals surface area contributed by atoms with Crippen LogP contribution in [0.25, 0.3) is 0 Å². The molecule has 1 heterocycles. The van der Waals surface area contributed by atoms with Crippen molar-refractivity contribution >= 4 is 11.6 Å². The number of β-amino-alcohol motifs (C(OH)–C–C–N with tert-alkyl or cyclic N) is 1. The van der Waals surface area contributed by atoms with Crippen LogP contribution >= 0.6 is 11.6 Å². The van der Waals surface area contributed by atoms with Crippen LogP contribution in [0.2, 0.25) is 5.02 Å². The Morgan fingerprint density at radius 2 is 2.18 bits per heavy atom. The Bertz CT molecular complexity index is 481. The van der Waals surface area contributed by atoms with E-state index in [2.05, 4.69) is 4.90 Å². The van der Waals surface area contributed by atoms with E-state index in [9.17, 15) is 5.11 Å². The fourth-order valence-corrected chi connectivity index (χ4v) is 3.23. The van der Waals surface area contributed by atoms with Crippen LogP contribution < -0.4 is 0 Å². The molecule has 122 valence electrons. The standard InChI is InChI=1S/C17H24ClNO3/c18-16-4-2-1-3-14(16)10-22-11-15(20)9-19-7-8-21-12-17(19)13-5-6-13/h1-4,13,15,17,20H,5-12H2. The van der Waals surface area contributed by atoms with Crippen molar-refractivity contribution in [1.82, 2.24) is 4.90 Å². The van der Waals surface area contributed by atoms with Gasteiger partial charge in [0.2, 0.25) is 0 Å². The van der Waals surface area contributed by atoms with Crippen LogP contribution in [0.4, 0.5) is 0 Å². The van der Waals surface area contributed by atoms with E-state index in [4.69, 9.17) is 21.1 Å². The van der Waals surface area contributed by atoms with Gasteiger partial charge < -0.3 is 14.6 Å². The molecule has 0 radical (unpaired) electrons. The van der Waals surface area contributed by atoms with Gasteiger partial charge in [-0.1, -0.05) is 29.8 Å². The second-order valence-corrected chi connectivity index (χ2v) is 6.64. The molecule has 1 aromatic carbocycles. The molecule has 4 nitrogen and oxygen atoms in total. The molecular weight excluding hydrogens is 302 g/mol. The number of aliphatic hydroxyl groups excluding tert-OH is 1. The van der Waals surface area contributed by atoms with Crippen molar-refractivity contribution in [3.8, 4) is 0 Å². The van der Waals surface area contributed by atoms with Crippen LogP contribution in [0.1, 0.15) is 18.4 Å². The highest BCUT2D eigenvalue weighted by Gasteiger charge is 2.37. The van der Waals surface area contributed by atoms with Gasteiger partial charge in [0, 0.05) is 24.2 Å². The molecule has 1 aliphatic carbocycles. The minimum absolute atomic E-state index is 0.333. The van der Waals surface area contributed by atoms with Gasteiger partial charge >= 0.3 is 0 Å². The summed E-state index contributed by atoms with van der Waals surface area (Å²) in [6, 6.07) is 8.11. The molecular formula is C17H24ClNO3. The van der Waals surface area contributed by atoms with E-state index >= 15 is 0 Å². The van der Waals surface area contributed by atoms with Gasteiger partial charge in [0.15, 0.2) is 0 Å². The summed E-state index contributed by atoms with van der Waals surface area (Å²) in [7, 11) is 0. The van der Waals surface area contributed by atoms with Crippen LogP contribution in [0, 0.1) is 5.92 Å². The van der Waals surface area contributed by atoms with E-state index in [1.54, 1.807) is 0 Å². The molecule has 2 aliphatic rings. The summed E-state index contributed by atoms with van der Waals surface area (Å²) in [4.78, 5) is 2.37. The Kier molecular flexibility index (Phi) is 5.71. The zero-order chi connectivity index (χ0) is 15.4. The third kappa shape index (κ3) is 4.43. The smallest absolute Gasteiger partial charge is 0.0900 e. The van der Waals surface area contributed by atoms with Gasteiger partial charge in [-0.15, -0.1) is 0 Å². The average molecular weight is 326 g/mol. The highest BCUT2D eigenvalue weighted by atomic mass is 35.5. The molecule has 0 spiro atoms. The van der Waals surface area contributed by atoms with Crippen molar-refractivity contribution in [1.29, 1.82) is 0 Å². The fraction of sp³-hybridized carbons (Fsp3) is 0.647. The minimum Gasteiger partial charge on any atom is -0.389 e. The summed E-state index contributed by atoms with van der Waals surface area (Å²) in [6.07, 6.45) is 2.12. The maximum atomic E-state index is 10.2. The monoisotopic (exact) mass is 325 g/mol. The van der Waals surface area contributed by atoms with Crippen LogP contribution in [0.15, 0.2) is 24.3 Å². The number of aliphatic hydroxyl groups is 1. The molecule has 2 fully saturated rings. The van der Waals surface area contributed by atoms with Crippen molar-refractivity contribution < 1.29 is 14.6 Å². The first kappa shape index (κ1) is 16.2. The van der Waals surface area contributed by atoms with Gasteiger partial charge in [0.25, 0.3) is 0 Å². The summed E-state index contributed by atoms with van der Waals surface area (Å²) in [5.74, 6) is 0.761. The second kappa shape index (κ2) is 7.75. The van der Waals surface area contributed by atoms with E-state index in [0.29, 0.717) is 30.8 Å². The first-order chi connectivity index (χ1) is 10.7. The normalized spacial score (nSPS) is 24.4. The van der Waals surface area contributed by atoms with Crippen LogP contribution in [-0.4, -0.2) is 55.1 Å². The van der Waals surface area contributed by atoms with E-state index in [-0.39, 0.29) is 0 Å². The molecule has 2 atom stereocenters. The van der Waals surface area contributed by atoms with Crippen molar-refractivity contribution in [2.45, 2.75) is 31.6 Å². The van der Waals surface area contributed by atoms with Gasteiger partial charge in [0.05, 0.1) is 32.5 Å². The number of morpholine rings is 1. The first-order valence-electron chi connectivity index (χ1n) is 8.05. The van der Waals surface area contributed by atoms with E-state index in [1.807, 2.05) is 24.3 Å². The number of rotatable bonds is 7. The number of halogens is 1. The lowest BCUT2D eigenvalue weighted by molar-refractivity contribution is -0.0500. The summed E-state index contributed by atoms with van der Waals surface area (Å²) in [5, 5.41) is 10.9. The molecule has 1 saturated heterocycles. The van der Waals surface area contributed by atoms with Gasteiger partial charge in [-0.3, -0.25) is 4.90 Å².